The summed E-state index contributed by atoms with van der Waals surface area (Å²) >= 11 is 0. The van der Waals surface area contributed by atoms with Crippen LogP contribution in [-0.2, 0) is 16.0 Å². The number of carboxylic acids is 2. The van der Waals surface area contributed by atoms with E-state index in [0.717, 1.165) is 12.1 Å². The zero-order chi connectivity index (χ0) is 15.3. The summed E-state index contributed by atoms with van der Waals surface area (Å²) in [7, 11) is 0. The number of aliphatic carboxylic acids is 2. The number of alkyl halides is 2. The summed E-state index contributed by atoms with van der Waals surface area (Å²) in [5.41, 5.74) is 0.0463. The van der Waals surface area contributed by atoms with Crippen LogP contribution in [0.1, 0.15) is 23.7 Å². The average Bonchev–Trinajstić information content (AvgIpc) is 2.35. The van der Waals surface area contributed by atoms with E-state index in [9.17, 15) is 23.5 Å². The van der Waals surface area contributed by atoms with Gasteiger partial charge in [-0.15, -0.1) is 0 Å². The van der Waals surface area contributed by atoms with Crippen molar-refractivity contribution in [3.63, 3.8) is 0 Å². The van der Waals surface area contributed by atoms with Crippen molar-refractivity contribution in [1.29, 1.82) is 0 Å². The van der Waals surface area contributed by atoms with Crippen LogP contribution in [0.4, 0.5) is 8.78 Å². The SMILES string of the molecule is O=C(O)CCc1ccc(OC(F)F)c(C(O)C(=O)O)c1. The first-order valence-corrected chi connectivity index (χ1v) is 5.51. The molecule has 8 heteroatoms. The highest BCUT2D eigenvalue weighted by molar-refractivity contribution is 5.75. The molecule has 1 unspecified atom stereocenters. The van der Waals surface area contributed by atoms with Crippen molar-refractivity contribution in [2.75, 3.05) is 0 Å². The highest BCUT2D eigenvalue weighted by atomic mass is 19.3. The van der Waals surface area contributed by atoms with Gasteiger partial charge in [0.15, 0.2) is 6.10 Å². The smallest absolute Gasteiger partial charge is 0.387 e. The number of aliphatic hydroxyl groups is 1. The fraction of sp³-hybridized carbons (Fsp3) is 0.333. The maximum absolute atomic E-state index is 12.2. The predicted octanol–water partition coefficient (Wildman–Crippen LogP) is 1.42. The Labute approximate surface area is 112 Å². The summed E-state index contributed by atoms with van der Waals surface area (Å²) in [6.07, 6.45) is -2.17. The van der Waals surface area contributed by atoms with Crippen LogP contribution in [0.3, 0.4) is 0 Å². The number of aryl methyl sites for hydroxylation is 1. The minimum Gasteiger partial charge on any atom is -0.481 e. The standard InChI is InChI=1S/C12H12F2O6/c13-12(14)20-8-3-1-6(2-4-9(15)16)5-7(8)10(17)11(18)19/h1,3,5,10,12,17H,2,4H2,(H,15,16)(H,18,19). The lowest BCUT2D eigenvalue weighted by atomic mass is 10.0. The predicted molar refractivity (Wildman–Crippen MR) is 61.6 cm³/mol. The molecule has 0 heterocycles. The van der Waals surface area contributed by atoms with Crippen LogP contribution in [-0.4, -0.2) is 33.9 Å². The van der Waals surface area contributed by atoms with Gasteiger partial charge in [-0.1, -0.05) is 6.07 Å². The lowest BCUT2D eigenvalue weighted by Crippen LogP contribution is -2.14. The van der Waals surface area contributed by atoms with Crippen LogP contribution in [0, 0.1) is 0 Å². The molecule has 0 aromatic heterocycles. The summed E-state index contributed by atoms with van der Waals surface area (Å²) in [6.45, 7) is -3.17. The Morgan fingerprint density at radius 3 is 2.40 bits per heavy atom. The Morgan fingerprint density at radius 1 is 1.25 bits per heavy atom. The lowest BCUT2D eigenvalue weighted by Gasteiger charge is -2.14. The molecule has 1 rings (SSSR count). The molecule has 0 radical (unpaired) electrons. The molecule has 0 saturated carbocycles. The molecule has 20 heavy (non-hydrogen) atoms. The van der Waals surface area contributed by atoms with E-state index in [1.54, 1.807) is 0 Å². The van der Waals surface area contributed by atoms with Gasteiger partial charge in [-0.25, -0.2) is 4.79 Å². The molecule has 0 bridgehead atoms. The van der Waals surface area contributed by atoms with Gasteiger partial charge in [0, 0.05) is 12.0 Å². The lowest BCUT2D eigenvalue weighted by molar-refractivity contribution is -0.147. The van der Waals surface area contributed by atoms with Crippen LogP contribution in [0.25, 0.3) is 0 Å². The third-order valence-corrected chi connectivity index (χ3v) is 2.45. The minimum atomic E-state index is -3.17. The quantitative estimate of drug-likeness (QED) is 0.701. The maximum Gasteiger partial charge on any atom is 0.387 e. The summed E-state index contributed by atoms with van der Waals surface area (Å²) in [6, 6.07) is 3.54. The van der Waals surface area contributed by atoms with E-state index < -0.39 is 30.4 Å². The van der Waals surface area contributed by atoms with Crippen LogP contribution < -0.4 is 4.74 Å². The first kappa shape index (κ1) is 15.8. The van der Waals surface area contributed by atoms with Gasteiger partial charge in [0.05, 0.1) is 0 Å². The van der Waals surface area contributed by atoms with Crippen molar-refractivity contribution in [1.82, 2.24) is 0 Å². The molecular formula is C12H12F2O6. The first-order valence-electron chi connectivity index (χ1n) is 5.51. The van der Waals surface area contributed by atoms with E-state index in [1.165, 1.54) is 6.07 Å². The summed E-state index contributed by atoms with van der Waals surface area (Å²) in [4.78, 5) is 21.2. The molecule has 0 aliphatic rings. The zero-order valence-corrected chi connectivity index (χ0v) is 10.1. The third-order valence-electron chi connectivity index (χ3n) is 2.45. The van der Waals surface area contributed by atoms with Crippen molar-refractivity contribution in [3.8, 4) is 5.75 Å². The van der Waals surface area contributed by atoms with Gasteiger partial charge in [-0.3, -0.25) is 4.79 Å². The molecule has 0 spiro atoms. The molecule has 0 amide bonds. The number of ether oxygens (including phenoxy) is 1. The number of hydrogen-bond donors (Lipinski definition) is 3. The number of aliphatic hydroxyl groups excluding tert-OH is 1. The van der Waals surface area contributed by atoms with Crippen LogP contribution in [0.2, 0.25) is 0 Å². The summed E-state index contributed by atoms with van der Waals surface area (Å²) < 4.78 is 28.5. The molecule has 110 valence electrons. The number of halogens is 2. The molecule has 1 aromatic rings. The van der Waals surface area contributed by atoms with E-state index in [-0.39, 0.29) is 18.4 Å². The molecule has 0 fully saturated rings. The van der Waals surface area contributed by atoms with Gasteiger partial charge in [-0.05, 0) is 24.1 Å². The number of carbonyl (C=O) groups is 2. The largest absolute Gasteiger partial charge is 0.481 e. The fourth-order valence-corrected chi connectivity index (χ4v) is 1.55. The van der Waals surface area contributed by atoms with E-state index >= 15 is 0 Å². The highest BCUT2D eigenvalue weighted by Gasteiger charge is 2.22. The molecule has 0 aliphatic carbocycles. The molecule has 0 saturated heterocycles. The Bertz CT molecular complexity index is 503. The van der Waals surface area contributed by atoms with Crippen molar-refractivity contribution in [3.05, 3.63) is 29.3 Å². The summed E-state index contributed by atoms with van der Waals surface area (Å²) in [5.74, 6) is -3.15. The van der Waals surface area contributed by atoms with Gasteiger partial charge in [-0.2, -0.15) is 8.78 Å². The van der Waals surface area contributed by atoms with Gasteiger partial charge in [0.25, 0.3) is 0 Å². The number of hydrogen-bond acceptors (Lipinski definition) is 4. The van der Waals surface area contributed by atoms with E-state index in [1.807, 2.05) is 0 Å². The Morgan fingerprint density at radius 2 is 1.90 bits per heavy atom. The second-order valence-corrected chi connectivity index (χ2v) is 3.89. The minimum absolute atomic E-state index is 0.0730. The normalized spacial score (nSPS) is 12.2. The molecule has 1 atom stereocenters. The summed E-state index contributed by atoms with van der Waals surface area (Å²) in [5, 5.41) is 26.7. The average molecular weight is 290 g/mol. The topological polar surface area (TPSA) is 104 Å². The van der Waals surface area contributed by atoms with Gasteiger partial charge in [0.1, 0.15) is 5.75 Å². The van der Waals surface area contributed by atoms with Crippen LogP contribution in [0.15, 0.2) is 18.2 Å². The Hall–Kier alpha value is -2.22. The van der Waals surface area contributed by atoms with E-state index in [4.69, 9.17) is 10.2 Å². The van der Waals surface area contributed by atoms with Crippen LogP contribution in [0.5, 0.6) is 5.75 Å². The van der Waals surface area contributed by atoms with Gasteiger partial charge in [0.2, 0.25) is 0 Å². The molecule has 3 N–H and O–H groups in total. The van der Waals surface area contributed by atoms with Gasteiger partial charge >= 0.3 is 18.6 Å². The third kappa shape index (κ3) is 4.47. The number of benzene rings is 1. The Balaban J connectivity index is 3.07. The first-order chi connectivity index (χ1) is 9.31. The fourth-order valence-electron chi connectivity index (χ4n) is 1.55. The van der Waals surface area contributed by atoms with Crippen LogP contribution >= 0.6 is 0 Å². The van der Waals surface area contributed by atoms with Crippen molar-refractivity contribution < 1.29 is 38.4 Å². The number of rotatable bonds is 7. The highest BCUT2D eigenvalue weighted by Crippen LogP contribution is 2.28. The second-order valence-electron chi connectivity index (χ2n) is 3.89. The van der Waals surface area contributed by atoms with Gasteiger partial charge < -0.3 is 20.1 Å². The maximum atomic E-state index is 12.2. The second kappa shape index (κ2) is 6.80. The van der Waals surface area contributed by atoms with Crippen molar-refractivity contribution >= 4 is 11.9 Å². The van der Waals surface area contributed by atoms with E-state index in [0.29, 0.717) is 5.56 Å². The van der Waals surface area contributed by atoms with Crippen molar-refractivity contribution in [2.45, 2.75) is 25.6 Å². The molecule has 1 aromatic carbocycles. The Kier molecular flexibility index (Phi) is 5.39. The molecule has 0 aliphatic heterocycles. The van der Waals surface area contributed by atoms with E-state index in [2.05, 4.69) is 4.74 Å². The molecule has 6 nitrogen and oxygen atoms in total. The monoisotopic (exact) mass is 290 g/mol. The number of carboxylic acid groups (broad SMARTS) is 2. The molecular weight excluding hydrogens is 278 g/mol. The zero-order valence-electron chi connectivity index (χ0n) is 10.1. The van der Waals surface area contributed by atoms with Crippen molar-refractivity contribution in [2.24, 2.45) is 0 Å².